The molecule has 0 aromatic heterocycles. The lowest BCUT2D eigenvalue weighted by molar-refractivity contribution is -0.122. The van der Waals surface area contributed by atoms with Crippen molar-refractivity contribution in [3.63, 3.8) is 0 Å². The second-order valence-electron chi connectivity index (χ2n) is 4.54. The maximum atomic E-state index is 11.6. The highest BCUT2D eigenvalue weighted by Gasteiger charge is 2.20. The molecule has 2 N–H and O–H groups in total. The lowest BCUT2D eigenvalue weighted by atomic mass is 9.91. The highest BCUT2D eigenvalue weighted by Crippen LogP contribution is 2.15. The summed E-state index contributed by atoms with van der Waals surface area (Å²) in [7, 11) is 1.66. The van der Waals surface area contributed by atoms with Crippen molar-refractivity contribution in [2.75, 3.05) is 26.8 Å². The fraction of sp³-hybridized carbons (Fsp3) is 0.917. The molecule has 1 fully saturated rings. The van der Waals surface area contributed by atoms with Gasteiger partial charge in [-0.3, -0.25) is 4.79 Å². The van der Waals surface area contributed by atoms with E-state index in [9.17, 15) is 4.79 Å². The minimum atomic E-state index is 0.156. The van der Waals surface area contributed by atoms with Gasteiger partial charge in [-0.25, -0.2) is 0 Å². The van der Waals surface area contributed by atoms with Crippen LogP contribution in [0.15, 0.2) is 0 Å². The van der Waals surface area contributed by atoms with Crippen molar-refractivity contribution in [2.24, 2.45) is 5.92 Å². The molecule has 1 rings (SSSR count). The van der Waals surface area contributed by atoms with E-state index in [0.717, 1.165) is 19.5 Å². The van der Waals surface area contributed by atoms with E-state index in [1.165, 1.54) is 12.8 Å². The highest BCUT2D eigenvalue weighted by molar-refractivity contribution is 5.76. The zero-order valence-electron chi connectivity index (χ0n) is 10.4. The number of hydrogen-bond acceptors (Lipinski definition) is 3. The Morgan fingerprint density at radius 3 is 2.81 bits per heavy atom. The number of methoxy groups -OCH3 is 1. The lowest BCUT2D eigenvalue weighted by Gasteiger charge is -2.28. The van der Waals surface area contributed by atoms with E-state index in [4.69, 9.17) is 4.74 Å². The van der Waals surface area contributed by atoms with Crippen LogP contribution >= 0.6 is 0 Å². The van der Waals surface area contributed by atoms with Crippen LogP contribution in [-0.4, -0.2) is 38.8 Å². The van der Waals surface area contributed by atoms with Crippen molar-refractivity contribution in [3.05, 3.63) is 0 Å². The Morgan fingerprint density at radius 1 is 1.50 bits per heavy atom. The molecule has 0 aromatic rings. The Kier molecular flexibility index (Phi) is 6.42. The van der Waals surface area contributed by atoms with Gasteiger partial charge >= 0.3 is 0 Å². The van der Waals surface area contributed by atoms with Crippen LogP contribution in [0.1, 0.15) is 32.6 Å². The predicted octanol–water partition coefficient (Wildman–Crippen LogP) is 0.917. The van der Waals surface area contributed by atoms with Gasteiger partial charge in [0.25, 0.3) is 0 Å². The van der Waals surface area contributed by atoms with Crippen LogP contribution in [0.4, 0.5) is 0 Å². The molecule has 0 bridgehead atoms. The molecule has 1 heterocycles. The van der Waals surface area contributed by atoms with Gasteiger partial charge in [-0.05, 0) is 45.2 Å². The molecular weight excluding hydrogens is 204 g/mol. The molecule has 1 unspecified atom stereocenters. The zero-order valence-corrected chi connectivity index (χ0v) is 10.4. The molecule has 4 nitrogen and oxygen atoms in total. The summed E-state index contributed by atoms with van der Waals surface area (Å²) in [6.07, 6.45) is 3.71. The highest BCUT2D eigenvalue weighted by atomic mass is 16.5. The molecule has 4 heteroatoms. The molecule has 1 amide bonds. The summed E-state index contributed by atoms with van der Waals surface area (Å²) in [4.78, 5) is 11.6. The summed E-state index contributed by atoms with van der Waals surface area (Å²) in [5.74, 6) is 0.788. The van der Waals surface area contributed by atoms with E-state index >= 15 is 0 Å². The summed E-state index contributed by atoms with van der Waals surface area (Å²) in [5, 5.41) is 6.42. The summed E-state index contributed by atoms with van der Waals surface area (Å²) < 4.78 is 4.93. The van der Waals surface area contributed by atoms with Crippen LogP contribution in [0.5, 0.6) is 0 Å². The second-order valence-corrected chi connectivity index (χ2v) is 4.54. The minimum absolute atomic E-state index is 0.156. The summed E-state index contributed by atoms with van der Waals surface area (Å²) in [6, 6.07) is 0.303. The molecule has 1 aliphatic heterocycles. The minimum Gasteiger partial charge on any atom is -0.385 e. The van der Waals surface area contributed by atoms with Crippen molar-refractivity contribution in [2.45, 2.75) is 38.6 Å². The number of nitrogens with one attached hydrogen (secondary N) is 2. The van der Waals surface area contributed by atoms with Gasteiger partial charge in [-0.2, -0.15) is 0 Å². The normalized spacial score (nSPS) is 19.4. The van der Waals surface area contributed by atoms with E-state index < -0.39 is 0 Å². The summed E-state index contributed by atoms with van der Waals surface area (Å²) in [5.41, 5.74) is 0. The first-order valence-electron chi connectivity index (χ1n) is 6.23. The van der Waals surface area contributed by atoms with Crippen LogP contribution in [0.3, 0.4) is 0 Å². The fourth-order valence-corrected chi connectivity index (χ4v) is 2.17. The zero-order chi connectivity index (χ0) is 11.8. The van der Waals surface area contributed by atoms with Crippen LogP contribution < -0.4 is 10.6 Å². The molecule has 0 radical (unpaired) electrons. The van der Waals surface area contributed by atoms with Crippen LogP contribution in [0.25, 0.3) is 0 Å². The van der Waals surface area contributed by atoms with E-state index in [0.29, 0.717) is 25.0 Å². The molecule has 0 aromatic carbocycles. The van der Waals surface area contributed by atoms with Crippen molar-refractivity contribution >= 4 is 5.91 Å². The van der Waals surface area contributed by atoms with Gasteiger partial charge in [-0.1, -0.05) is 0 Å². The summed E-state index contributed by atoms with van der Waals surface area (Å²) >= 11 is 0. The Hall–Kier alpha value is -0.610. The molecule has 0 saturated carbocycles. The third kappa shape index (κ3) is 4.94. The average Bonchev–Trinajstić information content (AvgIpc) is 2.30. The smallest absolute Gasteiger partial charge is 0.220 e. The Labute approximate surface area is 98.1 Å². The molecule has 94 valence electrons. The first-order valence-corrected chi connectivity index (χ1v) is 6.23. The molecule has 0 spiro atoms. The van der Waals surface area contributed by atoms with Crippen molar-refractivity contribution in [3.8, 4) is 0 Å². The SMILES string of the molecule is COCCCC(=O)NC(C)C1CCNCC1. The number of carbonyl (C=O) groups excluding carboxylic acids is 1. The molecule has 0 aliphatic carbocycles. The Balaban J connectivity index is 2.16. The number of rotatable bonds is 6. The van der Waals surface area contributed by atoms with Crippen molar-refractivity contribution in [1.29, 1.82) is 0 Å². The number of carbonyl (C=O) groups is 1. The maximum absolute atomic E-state index is 11.6. The molecule has 1 atom stereocenters. The standard InChI is InChI=1S/C12H24N2O2/c1-10(11-5-7-13-8-6-11)14-12(15)4-3-9-16-2/h10-11,13H,3-9H2,1-2H3,(H,14,15). The van der Waals surface area contributed by atoms with E-state index in [1.54, 1.807) is 7.11 Å². The first-order chi connectivity index (χ1) is 7.74. The van der Waals surface area contributed by atoms with Crippen molar-refractivity contribution < 1.29 is 9.53 Å². The van der Waals surface area contributed by atoms with Gasteiger partial charge in [0.05, 0.1) is 0 Å². The lowest BCUT2D eigenvalue weighted by Crippen LogP contribution is -2.42. The number of amides is 1. The van der Waals surface area contributed by atoms with Crippen LogP contribution in [0.2, 0.25) is 0 Å². The molecule has 1 aliphatic rings. The van der Waals surface area contributed by atoms with Gasteiger partial charge in [0.1, 0.15) is 0 Å². The molecular formula is C12H24N2O2. The Morgan fingerprint density at radius 2 is 2.19 bits per heavy atom. The number of ether oxygens (including phenoxy) is 1. The quantitative estimate of drug-likeness (QED) is 0.665. The third-order valence-electron chi connectivity index (χ3n) is 3.23. The van der Waals surface area contributed by atoms with E-state index in [-0.39, 0.29) is 5.91 Å². The van der Waals surface area contributed by atoms with Crippen LogP contribution in [0, 0.1) is 5.92 Å². The fourth-order valence-electron chi connectivity index (χ4n) is 2.17. The first kappa shape index (κ1) is 13.5. The van der Waals surface area contributed by atoms with Gasteiger partial charge in [0.2, 0.25) is 5.91 Å². The second kappa shape index (κ2) is 7.63. The van der Waals surface area contributed by atoms with Gasteiger partial charge in [0, 0.05) is 26.2 Å². The van der Waals surface area contributed by atoms with Gasteiger partial charge < -0.3 is 15.4 Å². The average molecular weight is 228 g/mol. The topological polar surface area (TPSA) is 50.4 Å². The van der Waals surface area contributed by atoms with Gasteiger partial charge in [-0.15, -0.1) is 0 Å². The summed E-state index contributed by atoms with van der Waals surface area (Å²) in [6.45, 7) is 4.93. The Bertz CT molecular complexity index is 203. The van der Waals surface area contributed by atoms with Crippen molar-refractivity contribution in [1.82, 2.24) is 10.6 Å². The molecule has 1 saturated heterocycles. The predicted molar refractivity (Wildman–Crippen MR) is 64.3 cm³/mol. The third-order valence-corrected chi connectivity index (χ3v) is 3.23. The number of hydrogen-bond donors (Lipinski definition) is 2. The largest absolute Gasteiger partial charge is 0.385 e. The van der Waals surface area contributed by atoms with E-state index in [1.807, 2.05) is 0 Å². The molecule has 16 heavy (non-hydrogen) atoms. The maximum Gasteiger partial charge on any atom is 0.220 e. The van der Waals surface area contributed by atoms with Gasteiger partial charge in [0.15, 0.2) is 0 Å². The van der Waals surface area contributed by atoms with Crippen LogP contribution in [-0.2, 0) is 9.53 Å². The number of piperidine rings is 1. The monoisotopic (exact) mass is 228 g/mol. The van der Waals surface area contributed by atoms with E-state index in [2.05, 4.69) is 17.6 Å².